The van der Waals surface area contributed by atoms with Gasteiger partial charge in [-0.3, -0.25) is 9.05 Å². The first-order valence-corrected chi connectivity index (χ1v) is 11.8. The molecule has 3 nitrogen and oxygen atoms in total. The third-order valence-electron chi connectivity index (χ3n) is 4.87. The summed E-state index contributed by atoms with van der Waals surface area (Å²) in [4.78, 5) is 0. The molecule has 0 N–H and O–H groups in total. The molecule has 0 aliphatic carbocycles. The van der Waals surface area contributed by atoms with Gasteiger partial charge in [0, 0.05) is 0 Å². The lowest BCUT2D eigenvalue weighted by Crippen LogP contribution is -2.22. The van der Waals surface area contributed by atoms with Crippen molar-refractivity contribution < 1.29 is 13.1 Å². The molecule has 0 spiro atoms. The van der Waals surface area contributed by atoms with Crippen molar-refractivity contribution in [2.24, 2.45) is 0 Å². The molecule has 3 aromatic carbocycles. The molecular formula is C24H27ClO3P+. The Morgan fingerprint density at radius 3 is 1.24 bits per heavy atom. The van der Waals surface area contributed by atoms with Gasteiger partial charge >= 0.3 is 7.94 Å². The number of hydrogen-bond acceptors (Lipinski definition) is 3. The van der Waals surface area contributed by atoms with Crippen molar-refractivity contribution in [3.63, 3.8) is 0 Å². The van der Waals surface area contributed by atoms with Gasteiger partial charge in [-0.2, -0.15) is 0 Å². The van der Waals surface area contributed by atoms with E-state index in [0.717, 1.165) is 24.6 Å². The van der Waals surface area contributed by atoms with Gasteiger partial charge in [-0.1, -0.05) is 57.2 Å². The van der Waals surface area contributed by atoms with Crippen LogP contribution in [0, 0.1) is 0 Å². The molecule has 0 aliphatic rings. The van der Waals surface area contributed by atoms with Crippen LogP contribution in [0.2, 0.25) is 0 Å². The monoisotopic (exact) mass is 429 g/mol. The zero-order valence-electron chi connectivity index (χ0n) is 17.1. The van der Waals surface area contributed by atoms with E-state index >= 15 is 0 Å². The van der Waals surface area contributed by atoms with Gasteiger partial charge < -0.3 is 0 Å². The van der Waals surface area contributed by atoms with Crippen molar-refractivity contribution >= 4 is 25.1 Å². The number of hydrogen-bond donors (Lipinski definition) is 0. The average molecular weight is 430 g/mol. The standard InChI is InChI=1S/C24H27ClO3P/c1-4-19-7-13-22(14-8-19)26-29(28-25,24-17-11-21(6-3)12-18-24)27-23-15-9-20(5-2)10-16-23/h7-18H,4-6H2,1-3H3/q+1. The first-order chi connectivity index (χ1) is 14.1. The normalized spacial score (nSPS) is 11.3. The summed E-state index contributed by atoms with van der Waals surface area (Å²) in [6.45, 7) is 6.35. The fraction of sp³-hybridized carbons (Fsp3) is 0.250. The number of benzene rings is 3. The van der Waals surface area contributed by atoms with E-state index in [0.29, 0.717) is 11.5 Å². The SMILES string of the molecule is CCc1ccc(O[P+](OCl)(Oc2ccc(CC)cc2)c2ccc(CC)cc2)cc1. The van der Waals surface area contributed by atoms with Crippen molar-refractivity contribution in [2.45, 2.75) is 40.0 Å². The van der Waals surface area contributed by atoms with Gasteiger partial charge in [-0.05, 0) is 76.4 Å². The first kappa shape index (κ1) is 21.6. The Kier molecular flexibility index (Phi) is 7.55. The van der Waals surface area contributed by atoms with Crippen LogP contribution >= 0.6 is 19.8 Å². The largest absolute Gasteiger partial charge is 0.553 e. The highest BCUT2D eigenvalue weighted by atomic mass is 35.5. The maximum Gasteiger partial charge on any atom is 0.553 e. The van der Waals surface area contributed by atoms with Crippen LogP contribution in [0.15, 0.2) is 72.8 Å². The van der Waals surface area contributed by atoms with Crippen molar-refractivity contribution in [1.29, 1.82) is 0 Å². The first-order valence-electron chi connectivity index (χ1n) is 9.98. The Bertz CT molecular complexity index is 843. The van der Waals surface area contributed by atoms with Crippen LogP contribution in [0.25, 0.3) is 0 Å². The molecule has 0 radical (unpaired) electrons. The summed E-state index contributed by atoms with van der Waals surface area (Å²) in [5, 5.41) is 0.781. The summed E-state index contributed by atoms with van der Waals surface area (Å²) < 4.78 is 18.1. The zero-order valence-corrected chi connectivity index (χ0v) is 18.7. The van der Waals surface area contributed by atoms with Crippen molar-refractivity contribution in [2.75, 3.05) is 0 Å². The molecule has 0 aromatic heterocycles. The van der Waals surface area contributed by atoms with E-state index < -0.39 is 7.94 Å². The van der Waals surface area contributed by atoms with Gasteiger partial charge in [0.05, 0.1) is 0 Å². The van der Waals surface area contributed by atoms with E-state index in [9.17, 15) is 0 Å². The van der Waals surface area contributed by atoms with Crippen molar-refractivity contribution in [3.05, 3.63) is 89.5 Å². The molecular weight excluding hydrogens is 403 g/mol. The molecule has 0 aliphatic heterocycles. The van der Waals surface area contributed by atoms with E-state index in [2.05, 4.69) is 20.8 Å². The minimum atomic E-state index is -3.09. The molecule has 152 valence electrons. The molecule has 0 bridgehead atoms. The van der Waals surface area contributed by atoms with Crippen LogP contribution in [0.3, 0.4) is 0 Å². The van der Waals surface area contributed by atoms with Gasteiger partial charge in [-0.25, -0.2) is 0 Å². The molecule has 3 aromatic rings. The van der Waals surface area contributed by atoms with E-state index in [-0.39, 0.29) is 0 Å². The minimum absolute atomic E-state index is 0.654. The molecule has 3 rings (SSSR count). The van der Waals surface area contributed by atoms with Crippen LogP contribution in [0.1, 0.15) is 37.5 Å². The quantitative estimate of drug-likeness (QED) is 0.340. The Balaban J connectivity index is 1.98. The fourth-order valence-electron chi connectivity index (χ4n) is 2.96. The summed E-state index contributed by atoms with van der Waals surface area (Å²) >= 11 is 6.05. The second-order valence-corrected chi connectivity index (χ2v) is 9.19. The molecule has 29 heavy (non-hydrogen) atoms. The summed E-state index contributed by atoms with van der Waals surface area (Å²) in [6, 6.07) is 23.9. The van der Waals surface area contributed by atoms with Gasteiger partial charge in [0.1, 0.15) is 11.9 Å². The second-order valence-electron chi connectivity index (χ2n) is 6.76. The number of halogens is 1. The highest BCUT2D eigenvalue weighted by Gasteiger charge is 2.52. The summed E-state index contributed by atoms with van der Waals surface area (Å²) in [5.41, 5.74) is 3.69. The lowest BCUT2D eigenvalue weighted by atomic mass is 10.2. The lowest BCUT2D eigenvalue weighted by molar-refractivity contribution is 0.383. The van der Waals surface area contributed by atoms with Gasteiger partial charge in [0.2, 0.25) is 5.30 Å². The zero-order chi connectivity index (χ0) is 20.7. The fourth-order valence-corrected chi connectivity index (χ4v) is 5.06. The van der Waals surface area contributed by atoms with Crippen LogP contribution in [0.4, 0.5) is 0 Å². The average Bonchev–Trinajstić information content (AvgIpc) is 2.79. The molecule has 0 saturated carbocycles. The molecule has 0 atom stereocenters. The summed E-state index contributed by atoms with van der Waals surface area (Å²) in [6.07, 6.45) is 2.88. The van der Waals surface area contributed by atoms with Crippen LogP contribution < -0.4 is 14.4 Å². The molecule has 5 heteroatoms. The topological polar surface area (TPSA) is 27.7 Å². The Morgan fingerprint density at radius 1 is 0.586 bits per heavy atom. The third kappa shape index (κ3) is 5.30. The van der Waals surface area contributed by atoms with Crippen molar-refractivity contribution in [3.8, 4) is 11.5 Å². The van der Waals surface area contributed by atoms with Crippen LogP contribution in [0.5, 0.6) is 11.5 Å². The Hall–Kier alpha value is -2.06. The van der Waals surface area contributed by atoms with E-state index in [1.165, 1.54) is 16.7 Å². The van der Waals surface area contributed by atoms with Crippen LogP contribution in [-0.4, -0.2) is 0 Å². The van der Waals surface area contributed by atoms with Gasteiger partial charge in [-0.15, -0.1) is 0 Å². The molecule has 0 unspecified atom stereocenters. The van der Waals surface area contributed by atoms with Gasteiger partial charge in [0.25, 0.3) is 0 Å². The minimum Gasteiger partial charge on any atom is -0.273 e. The number of rotatable bonds is 9. The predicted octanol–water partition coefficient (Wildman–Crippen LogP) is 7.09. The molecule has 0 amide bonds. The van der Waals surface area contributed by atoms with Crippen LogP contribution in [-0.2, 0) is 23.3 Å². The summed E-state index contributed by atoms with van der Waals surface area (Å²) in [7, 11) is -3.09. The smallest absolute Gasteiger partial charge is 0.273 e. The summed E-state index contributed by atoms with van der Waals surface area (Å²) in [5.74, 6) is 1.31. The van der Waals surface area contributed by atoms with Crippen molar-refractivity contribution in [1.82, 2.24) is 0 Å². The van der Waals surface area contributed by atoms with Gasteiger partial charge in [0.15, 0.2) is 11.5 Å². The lowest BCUT2D eigenvalue weighted by Gasteiger charge is -2.20. The maximum atomic E-state index is 6.31. The second kappa shape index (κ2) is 10.1. The van der Waals surface area contributed by atoms with E-state index in [1.54, 1.807) is 0 Å². The highest BCUT2D eigenvalue weighted by Crippen LogP contribution is 2.61. The predicted molar refractivity (Wildman–Crippen MR) is 122 cm³/mol. The maximum absolute atomic E-state index is 6.31. The molecule has 0 heterocycles. The molecule has 0 saturated heterocycles. The third-order valence-corrected chi connectivity index (χ3v) is 7.43. The molecule has 0 fully saturated rings. The Labute approximate surface area is 179 Å². The number of aryl methyl sites for hydroxylation is 3. The highest BCUT2D eigenvalue weighted by molar-refractivity contribution is 7.71. The van der Waals surface area contributed by atoms with E-state index in [4.69, 9.17) is 25.0 Å². The Morgan fingerprint density at radius 2 is 0.931 bits per heavy atom. The van der Waals surface area contributed by atoms with E-state index in [1.807, 2.05) is 72.8 Å².